The molecule has 1 aliphatic carbocycles. The Morgan fingerprint density at radius 3 is 2.72 bits per heavy atom. The Kier molecular flexibility index (Phi) is 2.98. The number of amides is 1. The van der Waals surface area contributed by atoms with Gasteiger partial charge in [-0.2, -0.15) is 0 Å². The summed E-state index contributed by atoms with van der Waals surface area (Å²) in [6, 6.07) is 6.68. The van der Waals surface area contributed by atoms with Gasteiger partial charge in [0.25, 0.3) is 5.91 Å². The molecule has 3 rings (SSSR count). The third-order valence-corrected chi connectivity index (χ3v) is 5.08. The highest BCUT2D eigenvalue weighted by Gasteiger charge is 2.46. The van der Waals surface area contributed by atoms with Crippen LogP contribution >= 0.6 is 11.8 Å². The number of carbonyl (C=O) groups is 1. The number of carbonyl (C=O) groups excluding carboxylic acids is 1. The van der Waals surface area contributed by atoms with Gasteiger partial charge in [-0.25, -0.2) is 9.38 Å². The number of benzene rings is 1. The summed E-state index contributed by atoms with van der Waals surface area (Å²) in [5.74, 6) is -0.225. The van der Waals surface area contributed by atoms with Crippen LogP contribution in [0.15, 0.2) is 29.3 Å². The highest BCUT2D eigenvalue weighted by atomic mass is 32.2. The predicted octanol–water partition coefficient (Wildman–Crippen LogP) is 3.35. The van der Waals surface area contributed by atoms with Gasteiger partial charge in [0, 0.05) is 6.42 Å². The lowest BCUT2D eigenvalue weighted by Crippen LogP contribution is -2.26. The standard InChI is InChI=1S/C14H14FNOS/c15-11-6-2-1-5-10(11)9-12-16-13(17)14(18-12)7-3-4-8-14/h1-2,5-6H,3-4,7-9H2. The molecule has 0 N–H and O–H groups in total. The van der Waals surface area contributed by atoms with Gasteiger partial charge in [-0.1, -0.05) is 42.8 Å². The lowest BCUT2D eigenvalue weighted by Gasteiger charge is -2.17. The van der Waals surface area contributed by atoms with Crippen molar-refractivity contribution in [3.05, 3.63) is 35.6 Å². The zero-order chi connectivity index (χ0) is 12.6. The maximum Gasteiger partial charge on any atom is 0.263 e. The molecule has 1 aromatic carbocycles. The van der Waals surface area contributed by atoms with E-state index in [4.69, 9.17) is 0 Å². The number of thioether (sulfide) groups is 1. The summed E-state index contributed by atoms with van der Waals surface area (Å²) in [5.41, 5.74) is 0.617. The minimum Gasteiger partial charge on any atom is -0.271 e. The Bertz CT molecular complexity index is 520. The van der Waals surface area contributed by atoms with E-state index < -0.39 is 0 Å². The number of rotatable bonds is 2. The smallest absolute Gasteiger partial charge is 0.263 e. The third kappa shape index (κ3) is 1.99. The second kappa shape index (κ2) is 4.50. The van der Waals surface area contributed by atoms with Crippen LogP contribution in [0.1, 0.15) is 31.2 Å². The zero-order valence-electron chi connectivity index (χ0n) is 9.99. The van der Waals surface area contributed by atoms with Gasteiger partial charge in [0.15, 0.2) is 0 Å². The Morgan fingerprint density at radius 1 is 1.28 bits per heavy atom. The van der Waals surface area contributed by atoms with Gasteiger partial charge >= 0.3 is 0 Å². The SMILES string of the molecule is O=C1N=C(Cc2ccccc2F)SC12CCCC2. The van der Waals surface area contributed by atoms with Crippen molar-refractivity contribution in [1.82, 2.24) is 0 Å². The van der Waals surface area contributed by atoms with Crippen molar-refractivity contribution in [3.8, 4) is 0 Å². The van der Waals surface area contributed by atoms with E-state index in [2.05, 4.69) is 4.99 Å². The van der Waals surface area contributed by atoms with Gasteiger partial charge in [0.2, 0.25) is 0 Å². The quantitative estimate of drug-likeness (QED) is 0.819. The van der Waals surface area contributed by atoms with Crippen LogP contribution in [-0.4, -0.2) is 15.7 Å². The van der Waals surface area contributed by atoms with Crippen LogP contribution in [0, 0.1) is 5.82 Å². The summed E-state index contributed by atoms with van der Waals surface area (Å²) in [6.07, 6.45) is 4.47. The van der Waals surface area contributed by atoms with Crippen LogP contribution in [-0.2, 0) is 11.2 Å². The second-order valence-electron chi connectivity index (χ2n) is 4.88. The van der Waals surface area contributed by atoms with Crippen molar-refractivity contribution in [3.63, 3.8) is 0 Å². The second-order valence-corrected chi connectivity index (χ2v) is 6.34. The predicted molar refractivity (Wildman–Crippen MR) is 71.3 cm³/mol. The first-order valence-corrected chi connectivity index (χ1v) is 7.06. The molecule has 0 atom stereocenters. The Hall–Kier alpha value is -1.16. The monoisotopic (exact) mass is 263 g/mol. The van der Waals surface area contributed by atoms with Gasteiger partial charge in [-0.05, 0) is 24.5 Å². The highest BCUT2D eigenvalue weighted by Crippen LogP contribution is 2.47. The van der Waals surface area contributed by atoms with E-state index in [9.17, 15) is 9.18 Å². The van der Waals surface area contributed by atoms with Crippen LogP contribution in [0.2, 0.25) is 0 Å². The fourth-order valence-corrected chi connectivity index (χ4v) is 4.08. The molecule has 2 nitrogen and oxygen atoms in total. The first kappa shape index (κ1) is 11.9. The number of nitrogens with zero attached hydrogens (tertiary/aromatic N) is 1. The van der Waals surface area contributed by atoms with Gasteiger partial charge in [0.1, 0.15) is 10.6 Å². The molecule has 4 heteroatoms. The molecular weight excluding hydrogens is 249 g/mol. The fraction of sp³-hybridized carbons (Fsp3) is 0.429. The fourth-order valence-electron chi connectivity index (χ4n) is 2.65. The molecule has 0 bridgehead atoms. The van der Waals surface area contributed by atoms with Gasteiger partial charge < -0.3 is 0 Å². The lowest BCUT2D eigenvalue weighted by molar-refractivity contribution is -0.119. The molecule has 1 saturated carbocycles. The van der Waals surface area contributed by atoms with Crippen molar-refractivity contribution in [2.75, 3.05) is 0 Å². The van der Waals surface area contributed by atoms with Crippen molar-refractivity contribution >= 4 is 22.7 Å². The average molecular weight is 263 g/mol. The van der Waals surface area contributed by atoms with Crippen LogP contribution in [0.5, 0.6) is 0 Å². The summed E-state index contributed by atoms with van der Waals surface area (Å²) in [7, 11) is 0. The van der Waals surface area contributed by atoms with Crippen molar-refractivity contribution in [2.45, 2.75) is 36.9 Å². The average Bonchev–Trinajstić information content (AvgIpc) is 2.92. The molecule has 0 unspecified atom stereocenters. The van der Waals surface area contributed by atoms with Crippen LogP contribution < -0.4 is 0 Å². The number of hydrogen-bond acceptors (Lipinski definition) is 2. The Labute approximate surface area is 110 Å². The van der Waals surface area contributed by atoms with E-state index in [1.807, 2.05) is 6.07 Å². The zero-order valence-corrected chi connectivity index (χ0v) is 10.8. The molecule has 0 saturated heterocycles. The van der Waals surface area contributed by atoms with E-state index in [-0.39, 0.29) is 16.5 Å². The van der Waals surface area contributed by atoms with Crippen molar-refractivity contribution in [2.24, 2.45) is 4.99 Å². The van der Waals surface area contributed by atoms with Gasteiger partial charge in [0.05, 0.1) is 5.04 Å². The van der Waals surface area contributed by atoms with Crippen molar-refractivity contribution < 1.29 is 9.18 Å². The van der Waals surface area contributed by atoms with E-state index in [0.29, 0.717) is 12.0 Å². The first-order valence-electron chi connectivity index (χ1n) is 6.24. The van der Waals surface area contributed by atoms with Crippen LogP contribution in [0.25, 0.3) is 0 Å². The Balaban J connectivity index is 1.78. The van der Waals surface area contributed by atoms with Crippen LogP contribution in [0.3, 0.4) is 0 Å². The maximum absolute atomic E-state index is 13.6. The number of hydrogen-bond donors (Lipinski definition) is 0. The molecule has 18 heavy (non-hydrogen) atoms. The minimum absolute atomic E-state index is 0.00339. The molecule has 94 valence electrons. The number of aliphatic imine (C=N–C) groups is 1. The van der Waals surface area contributed by atoms with Gasteiger partial charge in [-0.3, -0.25) is 4.79 Å². The Morgan fingerprint density at radius 2 is 2.00 bits per heavy atom. The number of halogens is 1. The molecule has 1 aliphatic heterocycles. The lowest BCUT2D eigenvalue weighted by atomic mass is 10.1. The van der Waals surface area contributed by atoms with Gasteiger partial charge in [-0.15, -0.1) is 0 Å². The van der Waals surface area contributed by atoms with Crippen molar-refractivity contribution in [1.29, 1.82) is 0 Å². The molecule has 0 radical (unpaired) electrons. The molecular formula is C14H14FNOS. The maximum atomic E-state index is 13.6. The van der Waals surface area contributed by atoms with E-state index in [0.717, 1.165) is 30.7 Å². The molecule has 1 amide bonds. The normalized spacial score (nSPS) is 21.6. The summed E-state index contributed by atoms with van der Waals surface area (Å²) < 4.78 is 13.3. The summed E-state index contributed by atoms with van der Waals surface area (Å²) >= 11 is 1.57. The first-order chi connectivity index (χ1) is 8.70. The molecule has 1 fully saturated rings. The molecule has 1 spiro atoms. The molecule has 0 aromatic heterocycles. The molecule has 2 aliphatic rings. The third-order valence-electron chi connectivity index (χ3n) is 3.64. The minimum atomic E-state index is -0.305. The topological polar surface area (TPSA) is 29.4 Å². The molecule has 1 heterocycles. The molecule has 1 aromatic rings. The van der Waals surface area contributed by atoms with E-state index >= 15 is 0 Å². The van der Waals surface area contributed by atoms with E-state index in [1.165, 1.54) is 6.07 Å². The summed E-state index contributed by atoms with van der Waals surface area (Å²) in [6.45, 7) is 0. The largest absolute Gasteiger partial charge is 0.271 e. The summed E-state index contributed by atoms with van der Waals surface area (Å²) in [5, 5.41) is 0.770. The summed E-state index contributed by atoms with van der Waals surface area (Å²) in [4.78, 5) is 16.1. The van der Waals surface area contributed by atoms with Crippen LogP contribution in [0.4, 0.5) is 4.39 Å². The van der Waals surface area contributed by atoms with E-state index in [1.54, 1.807) is 23.9 Å². The highest BCUT2D eigenvalue weighted by molar-refractivity contribution is 8.16.